The average Bonchev–Trinajstić information content (AvgIpc) is 3.12. The molecular weight excluding hydrogens is 342 g/mol. The second-order valence-electron chi connectivity index (χ2n) is 7.03. The summed E-state index contributed by atoms with van der Waals surface area (Å²) < 4.78 is 10.6. The van der Waals surface area contributed by atoms with Gasteiger partial charge >= 0.3 is 5.97 Å². The van der Waals surface area contributed by atoms with Crippen LogP contribution in [0.2, 0.25) is 0 Å². The topological polar surface area (TPSA) is 64.6 Å². The zero-order valence-corrected chi connectivity index (χ0v) is 15.8. The molecule has 1 amide bonds. The molecule has 2 aromatic carbocycles. The van der Waals surface area contributed by atoms with E-state index in [0.717, 1.165) is 30.5 Å². The normalized spacial score (nSPS) is 12.6. The highest BCUT2D eigenvalue weighted by atomic mass is 16.6. The number of fused-ring (bicyclic) bond motifs is 1. The molecule has 1 aliphatic rings. The van der Waals surface area contributed by atoms with Crippen LogP contribution in [0.3, 0.4) is 0 Å². The van der Waals surface area contributed by atoms with Gasteiger partial charge in [-0.05, 0) is 60.1 Å². The highest BCUT2D eigenvalue weighted by Gasteiger charge is 2.14. The number of para-hydroxylation sites is 1. The molecule has 1 N–H and O–H groups in total. The molecule has 0 aliphatic heterocycles. The third kappa shape index (κ3) is 5.09. The SMILES string of the molecule is CC(C)c1ccccc1OCC(=O)OCC(=O)Nc1ccc2c(c1)CCC2. The van der Waals surface area contributed by atoms with Gasteiger partial charge in [0.25, 0.3) is 5.91 Å². The molecule has 3 rings (SSSR count). The Balaban J connectivity index is 1.44. The minimum atomic E-state index is -0.572. The number of carbonyl (C=O) groups excluding carboxylic acids is 2. The first-order valence-electron chi connectivity index (χ1n) is 9.32. The summed E-state index contributed by atoms with van der Waals surface area (Å²) in [7, 11) is 0. The van der Waals surface area contributed by atoms with E-state index in [1.807, 2.05) is 42.5 Å². The number of carbonyl (C=O) groups is 2. The lowest BCUT2D eigenvalue weighted by molar-refractivity contribution is -0.149. The molecule has 0 atom stereocenters. The average molecular weight is 367 g/mol. The Kier molecular flexibility index (Phi) is 6.12. The Morgan fingerprint density at radius 3 is 2.63 bits per heavy atom. The Morgan fingerprint density at radius 2 is 1.81 bits per heavy atom. The van der Waals surface area contributed by atoms with E-state index in [-0.39, 0.29) is 25.0 Å². The van der Waals surface area contributed by atoms with Crippen molar-refractivity contribution in [2.24, 2.45) is 0 Å². The minimum absolute atomic E-state index is 0.226. The number of rotatable bonds is 7. The van der Waals surface area contributed by atoms with Crippen LogP contribution >= 0.6 is 0 Å². The Hall–Kier alpha value is -2.82. The van der Waals surface area contributed by atoms with Crippen molar-refractivity contribution in [3.05, 3.63) is 59.2 Å². The van der Waals surface area contributed by atoms with Crippen LogP contribution in [0.1, 0.15) is 42.9 Å². The number of esters is 1. The molecule has 1 aliphatic carbocycles. The number of nitrogens with one attached hydrogen (secondary N) is 1. The van der Waals surface area contributed by atoms with Crippen LogP contribution in [-0.2, 0) is 27.2 Å². The van der Waals surface area contributed by atoms with Gasteiger partial charge in [0, 0.05) is 5.69 Å². The van der Waals surface area contributed by atoms with Gasteiger partial charge in [0.05, 0.1) is 0 Å². The zero-order chi connectivity index (χ0) is 19.2. The molecule has 0 unspecified atom stereocenters. The third-order valence-electron chi connectivity index (χ3n) is 4.63. The number of hydrogen-bond acceptors (Lipinski definition) is 4. The van der Waals surface area contributed by atoms with E-state index in [1.165, 1.54) is 11.1 Å². The highest BCUT2D eigenvalue weighted by Crippen LogP contribution is 2.26. The van der Waals surface area contributed by atoms with Crippen molar-refractivity contribution < 1.29 is 19.1 Å². The molecule has 0 radical (unpaired) electrons. The fourth-order valence-corrected chi connectivity index (χ4v) is 3.26. The van der Waals surface area contributed by atoms with Crippen molar-refractivity contribution in [2.75, 3.05) is 18.5 Å². The molecule has 2 aromatic rings. The molecule has 142 valence electrons. The van der Waals surface area contributed by atoms with Crippen molar-refractivity contribution >= 4 is 17.6 Å². The summed E-state index contributed by atoms with van der Waals surface area (Å²) in [6, 6.07) is 13.5. The second kappa shape index (κ2) is 8.71. The van der Waals surface area contributed by atoms with Gasteiger partial charge in [0.1, 0.15) is 5.75 Å². The summed E-state index contributed by atoms with van der Waals surface area (Å²) in [5, 5.41) is 2.77. The lowest BCUT2D eigenvalue weighted by Crippen LogP contribution is -2.23. The number of amides is 1. The lowest BCUT2D eigenvalue weighted by Gasteiger charge is -2.13. The number of hydrogen-bond donors (Lipinski definition) is 1. The van der Waals surface area contributed by atoms with Crippen molar-refractivity contribution in [3.8, 4) is 5.75 Å². The number of ether oxygens (including phenoxy) is 2. The van der Waals surface area contributed by atoms with Gasteiger partial charge in [-0.15, -0.1) is 0 Å². The van der Waals surface area contributed by atoms with Crippen LogP contribution in [0.25, 0.3) is 0 Å². The number of aryl methyl sites for hydroxylation is 2. The lowest BCUT2D eigenvalue weighted by atomic mass is 10.0. The van der Waals surface area contributed by atoms with E-state index in [1.54, 1.807) is 0 Å². The van der Waals surface area contributed by atoms with Gasteiger partial charge < -0.3 is 14.8 Å². The smallest absolute Gasteiger partial charge is 0.344 e. The van der Waals surface area contributed by atoms with Crippen LogP contribution in [-0.4, -0.2) is 25.1 Å². The minimum Gasteiger partial charge on any atom is -0.482 e. The van der Waals surface area contributed by atoms with Gasteiger partial charge in [0.15, 0.2) is 13.2 Å². The summed E-state index contributed by atoms with van der Waals surface area (Å²) >= 11 is 0. The van der Waals surface area contributed by atoms with E-state index < -0.39 is 5.97 Å². The first-order chi connectivity index (χ1) is 13.0. The molecule has 5 heteroatoms. The predicted octanol–water partition coefficient (Wildman–Crippen LogP) is 3.86. The first-order valence-corrected chi connectivity index (χ1v) is 9.32. The van der Waals surface area contributed by atoms with Crippen molar-refractivity contribution in [1.29, 1.82) is 0 Å². The fourth-order valence-electron chi connectivity index (χ4n) is 3.26. The quantitative estimate of drug-likeness (QED) is 0.755. The second-order valence-corrected chi connectivity index (χ2v) is 7.03. The molecule has 0 spiro atoms. The number of anilines is 1. The van der Waals surface area contributed by atoms with Crippen LogP contribution in [0.5, 0.6) is 5.75 Å². The van der Waals surface area contributed by atoms with Gasteiger partial charge in [-0.3, -0.25) is 4.79 Å². The van der Waals surface area contributed by atoms with E-state index >= 15 is 0 Å². The standard InChI is InChI=1S/C22H25NO4/c1-15(2)19-8-3-4-9-20(19)26-14-22(25)27-13-21(24)23-18-11-10-16-6-5-7-17(16)12-18/h3-4,8-12,15H,5-7,13-14H2,1-2H3,(H,23,24). The van der Waals surface area contributed by atoms with Crippen molar-refractivity contribution in [2.45, 2.75) is 39.0 Å². The maximum atomic E-state index is 12.0. The van der Waals surface area contributed by atoms with Crippen LogP contribution in [0.4, 0.5) is 5.69 Å². The van der Waals surface area contributed by atoms with Crippen LogP contribution < -0.4 is 10.1 Å². The molecule has 27 heavy (non-hydrogen) atoms. The summed E-state index contributed by atoms with van der Waals surface area (Å²) in [6.07, 6.45) is 3.30. The van der Waals surface area contributed by atoms with Gasteiger partial charge in [-0.25, -0.2) is 4.79 Å². The van der Waals surface area contributed by atoms with Gasteiger partial charge in [-0.1, -0.05) is 38.1 Å². The van der Waals surface area contributed by atoms with Crippen LogP contribution in [0.15, 0.2) is 42.5 Å². The Bertz CT molecular complexity index is 829. The largest absolute Gasteiger partial charge is 0.482 e. The summed E-state index contributed by atoms with van der Waals surface area (Å²) in [6.45, 7) is 3.56. The molecule has 0 saturated heterocycles. The highest BCUT2D eigenvalue weighted by molar-refractivity contribution is 5.93. The molecule has 0 fully saturated rings. The number of benzene rings is 2. The first kappa shape index (κ1) is 19.0. The molecular formula is C22H25NO4. The molecule has 0 heterocycles. The Labute approximate surface area is 159 Å². The van der Waals surface area contributed by atoms with Crippen LogP contribution in [0, 0.1) is 0 Å². The van der Waals surface area contributed by atoms with E-state index in [0.29, 0.717) is 5.75 Å². The fraction of sp³-hybridized carbons (Fsp3) is 0.364. The van der Waals surface area contributed by atoms with Gasteiger partial charge in [-0.2, -0.15) is 0 Å². The summed E-state index contributed by atoms with van der Waals surface area (Å²) in [5.74, 6) is 0.0175. The third-order valence-corrected chi connectivity index (χ3v) is 4.63. The predicted molar refractivity (Wildman–Crippen MR) is 104 cm³/mol. The molecule has 0 saturated carbocycles. The maximum absolute atomic E-state index is 12.0. The monoisotopic (exact) mass is 367 g/mol. The van der Waals surface area contributed by atoms with E-state index in [2.05, 4.69) is 19.2 Å². The maximum Gasteiger partial charge on any atom is 0.344 e. The van der Waals surface area contributed by atoms with E-state index in [4.69, 9.17) is 9.47 Å². The van der Waals surface area contributed by atoms with Crippen molar-refractivity contribution in [3.63, 3.8) is 0 Å². The summed E-state index contributed by atoms with van der Waals surface area (Å²) in [4.78, 5) is 23.9. The Morgan fingerprint density at radius 1 is 1.04 bits per heavy atom. The van der Waals surface area contributed by atoms with Crippen molar-refractivity contribution in [1.82, 2.24) is 0 Å². The molecule has 5 nitrogen and oxygen atoms in total. The molecule has 0 aromatic heterocycles. The zero-order valence-electron chi connectivity index (χ0n) is 15.8. The van der Waals surface area contributed by atoms with E-state index in [9.17, 15) is 9.59 Å². The van der Waals surface area contributed by atoms with Gasteiger partial charge in [0.2, 0.25) is 0 Å². The summed E-state index contributed by atoms with van der Waals surface area (Å²) in [5.41, 5.74) is 4.39. The molecule has 0 bridgehead atoms.